The van der Waals surface area contributed by atoms with Crippen molar-refractivity contribution in [1.82, 2.24) is 10.6 Å². The van der Waals surface area contributed by atoms with Crippen LogP contribution in [-0.2, 0) is 4.79 Å². The third-order valence-corrected chi connectivity index (χ3v) is 5.77. The number of benzene rings is 2. The van der Waals surface area contributed by atoms with Gasteiger partial charge in [-0.3, -0.25) is 9.59 Å². The van der Waals surface area contributed by atoms with Crippen molar-refractivity contribution < 1.29 is 35.9 Å². The molecular formula is C22H17Cl3F6N2O2. The van der Waals surface area contributed by atoms with Crippen molar-refractivity contribution in [1.29, 1.82) is 0 Å². The first-order chi connectivity index (χ1) is 16.1. The highest BCUT2D eigenvalue weighted by atomic mass is 35.5. The molecule has 0 aliphatic heterocycles. The smallest absolute Gasteiger partial charge is 0.345 e. The summed E-state index contributed by atoms with van der Waals surface area (Å²) in [7, 11) is 0. The summed E-state index contributed by atoms with van der Waals surface area (Å²) in [5.74, 6) is -3.83. The fourth-order valence-corrected chi connectivity index (χ4v) is 3.42. The van der Waals surface area contributed by atoms with E-state index in [4.69, 9.17) is 34.8 Å². The molecule has 2 atom stereocenters. The normalized spacial score (nSPS) is 14.0. The first kappa shape index (κ1) is 28.8. The predicted molar refractivity (Wildman–Crippen MR) is 122 cm³/mol. The number of carbonyl (C=O) groups excluding carboxylic acids is 2. The van der Waals surface area contributed by atoms with Gasteiger partial charge >= 0.3 is 12.4 Å². The molecule has 2 rings (SSSR count). The highest BCUT2D eigenvalue weighted by Gasteiger charge is 2.39. The van der Waals surface area contributed by atoms with E-state index in [-0.39, 0.29) is 26.2 Å². The summed E-state index contributed by atoms with van der Waals surface area (Å²) in [6.07, 6.45) is -7.19. The van der Waals surface area contributed by atoms with Gasteiger partial charge in [-0.2, -0.15) is 26.3 Å². The Balaban J connectivity index is 2.11. The van der Waals surface area contributed by atoms with Crippen LogP contribution >= 0.6 is 34.8 Å². The van der Waals surface area contributed by atoms with Crippen molar-refractivity contribution in [3.63, 3.8) is 0 Å². The molecule has 2 aromatic rings. The molecule has 2 unspecified atom stereocenters. The van der Waals surface area contributed by atoms with E-state index in [0.29, 0.717) is 5.56 Å². The van der Waals surface area contributed by atoms with Gasteiger partial charge in [-0.15, -0.1) is 0 Å². The molecule has 13 heteroatoms. The van der Waals surface area contributed by atoms with Gasteiger partial charge in [-0.1, -0.05) is 59.1 Å². The zero-order valence-electron chi connectivity index (χ0n) is 17.7. The minimum Gasteiger partial charge on any atom is -0.345 e. The lowest BCUT2D eigenvalue weighted by Gasteiger charge is -2.18. The molecule has 2 amide bonds. The summed E-state index contributed by atoms with van der Waals surface area (Å²) in [5.41, 5.74) is 0.140. The minimum absolute atomic E-state index is 0.0428. The van der Waals surface area contributed by atoms with E-state index in [1.54, 1.807) is 5.32 Å². The molecule has 0 aliphatic carbocycles. The van der Waals surface area contributed by atoms with Crippen molar-refractivity contribution in [2.75, 3.05) is 6.54 Å². The Kier molecular flexibility index (Phi) is 9.49. The summed E-state index contributed by atoms with van der Waals surface area (Å²) in [6.45, 7) is -0.340. The fraction of sp³-hybridized carbons (Fsp3) is 0.273. The molecule has 0 heterocycles. The van der Waals surface area contributed by atoms with Crippen LogP contribution in [0.25, 0.3) is 6.08 Å². The number of hydrogen-bond acceptors (Lipinski definition) is 2. The van der Waals surface area contributed by atoms with Gasteiger partial charge in [0.1, 0.15) is 12.6 Å². The largest absolute Gasteiger partial charge is 0.405 e. The maximum Gasteiger partial charge on any atom is 0.405 e. The molecule has 0 radical (unpaired) electrons. The number of rotatable bonds is 7. The first-order valence-electron chi connectivity index (χ1n) is 9.73. The number of carbonyl (C=O) groups is 2. The Morgan fingerprint density at radius 2 is 1.51 bits per heavy atom. The molecule has 0 saturated carbocycles. The molecule has 2 aromatic carbocycles. The average Bonchev–Trinajstić information content (AvgIpc) is 2.74. The molecule has 4 nitrogen and oxygen atoms in total. The van der Waals surface area contributed by atoms with Gasteiger partial charge in [0.05, 0.1) is 21.0 Å². The molecule has 0 saturated heterocycles. The standard InChI is InChI=1S/C22H17Cl3F6N2O2/c1-11(19(34)32-10-21(26,27)28)33-20(35)13-5-2-12(3-6-13)4-7-15(22(29,30)31)14-8-16(23)18(25)17(24)9-14/h2-9,11,15H,10H2,1H3,(H,32,34)(H,33,35)/b7-4+. The van der Waals surface area contributed by atoms with Crippen LogP contribution in [0, 0.1) is 0 Å². The zero-order chi connectivity index (χ0) is 26.6. The van der Waals surface area contributed by atoms with Gasteiger partial charge in [-0.25, -0.2) is 0 Å². The lowest BCUT2D eigenvalue weighted by Crippen LogP contribution is -2.47. The number of halogens is 9. The van der Waals surface area contributed by atoms with E-state index >= 15 is 0 Å². The van der Waals surface area contributed by atoms with E-state index in [1.165, 1.54) is 37.3 Å². The average molecular weight is 562 g/mol. The molecule has 190 valence electrons. The van der Waals surface area contributed by atoms with Crippen LogP contribution in [0.2, 0.25) is 15.1 Å². The first-order valence-corrected chi connectivity index (χ1v) is 10.9. The summed E-state index contributed by atoms with van der Waals surface area (Å²) < 4.78 is 77.4. The van der Waals surface area contributed by atoms with Gasteiger partial charge in [0, 0.05) is 5.56 Å². The number of allylic oxidation sites excluding steroid dienone is 1. The Morgan fingerprint density at radius 3 is 2.00 bits per heavy atom. The molecule has 0 aliphatic rings. The molecule has 0 bridgehead atoms. The highest BCUT2D eigenvalue weighted by Crippen LogP contribution is 2.41. The highest BCUT2D eigenvalue weighted by molar-refractivity contribution is 6.48. The molecule has 0 fully saturated rings. The monoisotopic (exact) mass is 560 g/mol. The van der Waals surface area contributed by atoms with Crippen molar-refractivity contribution >= 4 is 52.7 Å². The van der Waals surface area contributed by atoms with Crippen LogP contribution in [0.15, 0.2) is 42.5 Å². The molecule has 0 spiro atoms. The summed E-state index contributed by atoms with van der Waals surface area (Å²) >= 11 is 17.5. The van der Waals surface area contributed by atoms with Crippen LogP contribution in [0.5, 0.6) is 0 Å². The van der Waals surface area contributed by atoms with Crippen molar-refractivity contribution in [3.8, 4) is 0 Å². The van der Waals surface area contributed by atoms with E-state index in [2.05, 4.69) is 5.32 Å². The molecule has 35 heavy (non-hydrogen) atoms. The van der Waals surface area contributed by atoms with Crippen LogP contribution in [0.1, 0.15) is 34.3 Å². The van der Waals surface area contributed by atoms with Gasteiger partial charge < -0.3 is 10.6 Å². The van der Waals surface area contributed by atoms with Crippen molar-refractivity contribution in [2.24, 2.45) is 0 Å². The van der Waals surface area contributed by atoms with Gasteiger partial charge in [0.25, 0.3) is 5.91 Å². The number of nitrogens with one attached hydrogen (secondary N) is 2. The van der Waals surface area contributed by atoms with Gasteiger partial charge in [-0.05, 0) is 42.3 Å². The molecule has 2 N–H and O–H groups in total. The summed E-state index contributed by atoms with van der Waals surface area (Å²) in [5, 5.41) is 3.56. The number of amides is 2. The maximum absolute atomic E-state index is 13.6. The summed E-state index contributed by atoms with van der Waals surface area (Å²) in [4.78, 5) is 23.9. The lowest BCUT2D eigenvalue weighted by molar-refractivity contribution is -0.139. The predicted octanol–water partition coefficient (Wildman–Crippen LogP) is 6.80. The Bertz CT molecular complexity index is 1080. The van der Waals surface area contributed by atoms with Gasteiger partial charge in [0.2, 0.25) is 5.91 Å². The topological polar surface area (TPSA) is 58.2 Å². The fourth-order valence-electron chi connectivity index (χ4n) is 2.80. The number of alkyl halides is 6. The van der Waals surface area contributed by atoms with E-state index in [0.717, 1.165) is 18.2 Å². The number of hydrogen-bond donors (Lipinski definition) is 2. The Morgan fingerprint density at radius 1 is 0.971 bits per heavy atom. The third kappa shape index (κ3) is 8.63. The van der Waals surface area contributed by atoms with Crippen LogP contribution < -0.4 is 10.6 Å². The van der Waals surface area contributed by atoms with Crippen LogP contribution in [-0.4, -0.2) is 36.8 Å². The lowest BCUT2D eigenvalue weighted by atomic mass is 9.97. The minimum atomic E-state index is -4.67. The second-order valence-corrected chi connectivity index (χ2v) is 8.52. The van der Waals surface area contributed by atoms with Crippen molar-refractivity contribution in [3.05, 3.63) is 74.2 Å². The Labute approximate surface area is 211 Å². The second-order valence-electron chi connectivity index (χ2n) is 7.33. The maximum atomic E-state index is 13.6. The SMILES string of the molecule is CC(NC(=O)c1ccc(/C=C/C(c2cc(Cl)c(Cl)c(Cl)c2)C(F)(F)F)cc1)C(=O)NCC(F)(F)F. The molecule has 0 aromatic heterocycles. The third-order valence-electron chi connectivity index (χ3n) is 4.58. The quantitative estimate of drug-likeness (QED) is 0.289. The van der Waals surface area contributed by atoms with Crippen molar-refractivity contribution in [2.45, 2.75) is 31.2 Å². The van der Waals surface area contributed by atoms with E-state index in [9.17, 15) is 35.9 Å². The van der Waals surface area contributed by atoms with Gasteiger partial charge in [0.15, 0.2) is 0 Å². The molecular weight excluding hydrogens is 545 g/mol. The van der Waals surface area contributed by atoms with Crippen LogP contribution in [0.3, 0.4) is 0 Å². The van der Waals surface area contributed by atoms with E-state index < -0.39 is 42.7 Å². The zero-order valence-corrected chi connectivity index (χ0v) is 20.0. The van der Waals surface area contributed by atoms with E-state index in [1.807, 2.05) is 0 Å². The second kappa shape index (κ2) is 11.5. The Hall–Kier alpha value is -2.43. The van der Waals surface area contributed by atoms with Crippen LogP contribution in [0.4, 0.5) is 26.3 Å². The summed E-state index contributed by atoms with van der Waals surface area (Å²) in [6, 6.07) is 6.16.